The first-order valence-electron chi connectivity index (χ1n) is 5.67. The van der Waals surface area contributed by atoms with E-state index in [1.807, 2.05) is 18.9 Å². The number of nitrogens with zero attached hydrogens (tertiary/aromatic N) is 1. The van der Waals surface area contributed by atoms with E-state index in [0.29, 0.717) is 5.92 Å². The standard InChI is InChI=1S/C11H19NO3/c1-7-9(5-6-15-7)12(2)10(11(13)14)8-3-4-8/h7-10H,3-6H2,1-2H3,(H,13,14). The number of likely N-dealkylation sites (N-methyl/N-ethyl adjacent to an activating group) is 1. The van der Waals surface area contributed by atoms with E-state index in [-0.39, 0.29) is 18.2 Å². The molecule has 0 aromatic carbocycles. The number of hydrogen-bond donors (Lipinski definition) is 1. The van der Waals surface area contributed by atoms with E-state index in [1.165, 1.54) is 0 Å². The van der Waals surface area contributed by atoms with Crippen LogP contribution in [0.25, 0.3) is 0 Å². The van der Waals surface area contributed by atoms with Crippen LogP contribution in [0.15, 0.2) is 0 Å². The highest BCUT2D eigenvalue weighted by atomic mass is 16.5. The van der Waals surface area contributed by atoms with Gasteiger partial charge in [-0.1, -0.05) is 0 Å². The average molecular weight is 213 g/mol. The van der Waals surface area contributed by atoms with Crippen molar-refractivity contribution in [2.45, 2.75) is 44.4 Å². The molecular formula is C11H19NO3. The minimum Gasteiger partial charge on any atom is -0.480 e. The molecule has 0 amide bonds. The van der Waals surface area contributed by atoms with E-state index in [0.717, 1.165) is 25.9 Å². The molecule has 86 valence electrons. The van der Waals surface area contributed by atoms with Gasteiger partial charge in [-0.25, -0.2) is 0 Å². The second-order valence-corrected chi connectivity index (χ2v) is 4.72. The van der Waals surface area contributed by atoms with Crippen LogP contribution in [0.1, 0.15) is 26.2 Å². The van der Waals surface area contributed by atoms with Crippen molar-refractivity contribution in [3.05, 3.63) is 0 Å². The molecule has 1 aliphatic carbocycles. The molecule has 2 fully saturated rings. The number of aliphatic carboxylic acids is 1. The molecule has 2 rings (SSSR count). The Morgan fingerprint density at radius 3 is 2.53 bits per heavy atom. The zero-order chi connectivity index (χ0) is 11.0. The lowest BCUT2D eigenvalue weighted by Gasteiger charge is -2.31. The van der Waals surface area contributed by atoms with Crippen molar-refractivity contribution in [1.82, 2.24) is 4.90 Å². The number of carboxylic acid groups (broad SMARTS) is 1. The normalized spacial score (nSPS) is 33.3. The van der Waals surface area contributed by atoms with Gasteiger partial charge in [0.1, 0.15) is 6.04 Å². The maximum Gasteiger partial charge on any atom is 0.321 e. The van der Waals surface area contributed by atoms with Crippen LogP contribution < -0.4 is 0 Å². The first-order valence-corrected chi connectivity index (χ1v) is 5.67. The lowest BCUT2D eigenvalue weighted by Crippen LogP contribution is -2.48. The third-order valence-electron chi connectivity index (χ3n) is 3.62. The van der Waals surface area contributed by atoms with Crippen molar-refractivity contribution in [3.8, 4) is 0 Å². The van der Waals surface area contributed by atoms with Crippen molar-refractivity contribution in [3.63, 3.8) is 0 Å². The van der Waals surface area contributed by atoms with Gasteiger partial charge in [-0.15, -0.1) is 0 Å². The minimum atomic E-state index is -0.681. The van der Waals surface area contributed by atoms with Crippen LogP contribution in [0.3, 0.4) is 0 Å². The van der Waals surface area contributed by atoms with Gasteiger partial charge < -0.3 is 9.84 Å². The summed E-state index contributed by atoms with van der Waals surface area (Å²) in [6.07, 6.45) is 3.23. The zero-order valence-corrected chi connectivity index (χ0v) is 9.35. The second kappa shape index (κ2) is 4.10. The first kappa shape index (κ1) is 10.9. The summed E-state index contributed by atoms with van der Waals surface area (Å²) in [4.78, 5) is 13.2. The minimum absolute atomic E-state index is 0.163. The lowest BCUT2D eigenvalue weighted by atomic mass is 10.0. The highest BCUT2D eigenvalue weighted by Crippen LogP contribution is 2.37. The third kappa shape index (κ3) is 2.16. The summed E-state index contributed by atoms with van der Waals surface area (Å²) in [7, 11) is 1.92. The molecule has 1 aliphatic heterocycles. The molecule has 1 saturated heterocycles. The van der Waals surface area contributed by atoms with Gasteiger partial charge in [-0.05, 0) is 39.2 Å². The molecule has 0 spiro atoms. The number of ether oxygens (including phenoxy) is 1. The summed E-state index contributed by atoms with van der Waals surface area (Å²) < 4.78 is 5.48. The van der Waals surface area contributed by atoms with E-state index in [2.05, 4.69) is 0 Å². The lowest BCUT2D eigenvalue weighted by molar-refractivity contribution is -0.144. The van der Waals surface area contributed by atoms with Crippen molar-refractivity contribution in [2.75, 3.05) is 13.7 Å². The maximum absolute atomic E-state index is 11.2. The molecule has 4 heteroatoms. The number of hydrogen-bond acceptors (Lipinski definition) is 3. The smallest absolute Gasteiger partial charge is 0.321 e. The quantitative estimate of drug-likeness (QED) is 0.755. The van der Waals surface area contributed by atoms with Crippen LogP contribution >= 0.6 is 0 Å². The zero-order valence-electron chi connectivity index (χ0n) is 9.35. The SMILES string of the molecule is CC1OCCC1N(C)C(C(=O)O)C1CC1. The summed E-state index contributed by atoms with van der Waals surface area (Å²) in [6, 6.07) is -0.0363. The molecule has 0 bridgehead atoms. The Morgan fingerprint density at radius 1 is 1.47 bits per heavy atom. The monoisotopic (exact) mass is 213 g/mol. The molecule has 1 saturated carbocycles. The second-order valence-electron chi connectivity index (χ2n) is 4.72. The van der Waals surface area contributed by atoms with Crippen LogP contribution in [-0.4, -0.2) is 47.8 Å². The van der Waals surface area contributed by atoms with E-state index >= 15 is 0 Å². The Bertz CT molecular complexity index is 252. The molecule has 4 nitrogen and oxygen atoms in total. The van der Waals surface area contributed by atoms with Crippen LogP contribution in [-0.2, 0) is 9.53 Å². The predicted octanol–water partition coefficient (Wildman–Crippen LogP) is 0.959. The van der Waals surface area contributed by atoms with Crippen LogP contribution in [0.2, 0.25) is 0 Å². The Morgan fingerprint density at radius 2 is 2.13 bits per heavy atom. The molecule has 2 aliphatic rings. The Balaban J connectivity index is 2.03. The van der Waals surface area contributed by atoms with Crippen molar-refractivity contribution in [1.29, 1.82) is 0 Å². The molecule has 15 heavy (non-hydrogen) atoms. The summed E-state index contributed by atoms with van der Waals surface area (Å²) >= 11 is 0. The number of rotatable bonds is 4. The topological polar surface area (TPSA) is 49.8 Å². The van der Waals surface area contributed by atoms with Crippen LogP contribution in [0.5, 0.6) is 0 Å². The van der Waals surface area contributed by atoms with Gasteiger partial charge in [0.05, 0.1) is 6.10 Å². The van der Waals surface area contributed by atoms with Gasteiger partial charge in [0.15, 0.2) is 0 Å². The highest BCUT2D eigenvalue weighted by molar-refractivity contribution is 5.74. The van der Waals surface area contributed by atoms with Gasteiger partial charge in [0, 0.05) is 12.6 Å². The molecule has 1 heterocycles. The fraction of sp³-hybridized carbons (Fsp3) is 0.909. The molecule has 3 atom stereocenters. The third-order valence-corrected chi connectivity index (χ3v) is 3.62. The van der Waals surface area contributed by atoms with Gasteiger partial charge in [0.2, 0.25) is 0 Å². The van der Waals surface area contributed by atoms with E-state index in [1.54, 1.807) is 0 Å². The fourth-order valence-electron chi connectivity index (χ4n) is 2.58. The summed E-state index contributed by atoms with van der Waals surface area (Å²) in [5.41, 5.74) is 0. The molecule has 0 aromatic heterocycles. The van der Waals surface area contributed by atoms with Gasteiger partial charge >= 0.3 is 5.97 Å². The van der Waals surface area contributed by atoms with Crippen molar-refractivity contribution >= 4 is 5.97 Å². The summed E-state index contributed by atoms with van der Waals surface area (Å²) in [5, 5.41) is 9.22. The largest absolute Gasteiger partial charge is 0.480 e. The molecule has 3 unspecified atom stereocenters. The molecule has 0 radical (unpaired) electrons. The Hall–Kier alpha value is -0.610. The predicted molar refractivity (Wildman–Crippen MR) is 55.7 cm³/mol. The Labute approximate surface area is 90.2 Å². The van der Waals surface area contributed by atoms with Gasteiger partial charge in [-0.2, -0.15) is 0 Å². The average Bonchev–Trinajstić information content (AvgIpc) is 2.87. The van der Waals surface area contributed by atoms with Gasteiger partial charge in [-0.3, -0.25) is 9.69 Å². The Kier molecular flexibility index (Phi) is 2.98. The first-order chi connectivity index (χ1) is 7.11. The highest BCUT2D eigenvalue weighted by Gasteiger charge is 2.43. The number of carboxylic acids is 1. The molecule has 0 aromatic rings. The maximum atomic E-state index is 11.2. The van der Waals surface area contributed by atoms with Crippen LogP contribution in [0.4, 0.5) is 0 Å². The molecule has 1 N–H and O–H groups in total. The van der Waals surface area contributed by atoms with Crippen molar-refractivity contribution in [2.24, 2.45) is 5.92 Å². The van der Waals surface area contributed by atoms with Crippen LogP contribution in [0, 0.1) is 5.92 Å². The fourth-order valence-corrected chi connectivity index (χ4v) is 2.58. The van der Waals surface area contributed by atoms with Crippen molar-refractivity contribution < 1.29 is 14.6 Å². The van der Waals surface area contributed by atoms with E-state index in [4.69, 9.17) is 4.74 Å². The summed E-state index contributed by atoms with van der Waals surface area (Å²) in [5.74, 6) is -0.320. The van der Waals surface area contributed by atoms with Gasteiger partial charge in [0.25, 0.3) is 0 Å². The van der Waals surface area contributed by atoms with E-state index < -0.39 is 5.97 Å². The number of carbonyl (C=O) groups is 1. The molecular weight excluding hydrogens is 194 g/mol. The van der Waals surface area contributed by atoms with E-state index in [9.17, 15) is 9.90 Å². The summed E-state index contributed by atoms with van der Waals surface area (Å²) in [6.45, 7) is 2.78.